The molecule has 1 aromatic carbocycles. The molecule has 0 amide bonds. The van der Waals surface area contributed by atoms with Gasteiger partial charge in [0.15, 0.2) is 5.78 Å². The normalized spacial score (nSPS) is 10.5. The molecule has 0 saturated heterocycles. The molecule has 0 aliphatic carbocycles. The number of carbonyl (C=O) groups excluding carboxylic acids is 1. The lowest BCUT2D eigenvalue weighted by molar-refractivity contribution is 0.0996. The number of thiazole rings is 1. The van der Waals surface area contributed by atoms with E-state index in [1.54, 1.807) is 23.7 Å². The molecule has 17 heavy (non-hydrogen) atoms. The lowest BCUT2D eigenvalue weighted by Crippen LogP contribution is -2.04. The molecule has 0 unspecified atom stereocenters. The zero-order valence-electron chi connectivity index (χ0n) is 9.04. The van der Waals surface area contributed by atoms with Gasteiger partial charge in [-0.2, -0.15) is 0 Å². The van der Waals surface area contributed by atoms with Gasteiger partial charge in [-0.1, -0.05) is 29.3 Å². The summed E-state index contributed by atoms with van der Waals surface area (Å²) >= 11 is 13.4. The van der Waals surface area contributed by atoms with Crippen LogP contribution in [0.3, 0.4) is 0 Å². The van der Waals surface area contributed by atoms with E-state index in [0.717, 1.165) is 5.69 Å². The predicted molar refractivity (Wildman–Crippen MR) is 71.3 cm³/mol. The van der Waals surface area contributed by atoms with Gasteiger partial charge in [0.1, 0.15) is 0 Å². The monoisotopic (exact) mass is 285 g/mol. The Morgan fingerprint density at radius 1 is 1.35 bits per heavy atom. The molecule has 1 aromatic heterocycles. The van der Waals surface area contributed by atoms with Crippen LogP contribution in [0.1, 0.15) is 20.9 Å². The van der Waals surface area contributed by atoms with Gasteiger partial charge in [0.25, 0.3) is 0 Å². The summed E-state index contributed by atoms with van der Waals surface area (Å²) in [6, 6.07) is 5.22. The van der Waals surface area contributed by atoms with Gasteiger partial charge in [-0.3, -0.25) is 4.79 Å². The van der Waals surface area contributed by atoms with Crippen LogP contribution in [-0.2, 0) is 6.42 Å². The van der Waals surface area contributed by atoms with E-state index < -0.39 is 0 Å². The van der Waals surface area contributed by atoms with Gasteiger partial charge in [0, 0.05) is 16.5 Å². The minimum atomic E-state index is 0.000000000000000222. The molecule has 0 saturated carbocycles. The number of aryl methyl sites for hydroxylation is 1. The number of rotatable bonds is 3. The second-order valence-corrected chi connectivity index (χ2v) is 5.24. The lowest BCUT2D eigenvalue weighted by Gasteiger charge is -2.05. The molecule has 1 heterocycles. The van der Waals surface area contributed by atoms with Crippen LogP contribution >= 0.6 is 34.5 Å². The van der Waals surface area contributed by atoms with E-state index in [-0.39, 0.29) is 12.2 Å². The average molecular weight is 286 g/mol. The molecule has 2 rings (SSSR count). The maximum absolute atomic E-state index is 12.1. The van der Waals surface area contributed by atoms with E-state index in [2.05, 4.69) is 4.98 Å². The van der Waals surface area contributed by atoms with Crippen LogP contribution in [0.15, 0.2) is 23.7 Å². The van der Waals surface area contributed by atoms with Gasteiger partial charge in [-0.25, -0.2) is 4.98 Å². The fourth-order valence-corrected chi connectivity index (χ4v) is 2.79. The molecule has 5 heteroatoms. The SMILES string of the molecule is Cc1ncsc1C(=O)Cc1c(Cl)cccc1Cl. The summed E-state index contributed by atoms with van der Waals surface area (Å²) in [5, 5.41) is 1.04. The van der Waals surface area contributed by atoms with E-state index in [1.807, 2.05) is 6.92 Å². The smallest absolute Gasteiger partial charge is 0.179 e. The Kier molecular flexibility index (Phi) is 3.82. The quantitative estimate of drug-likeness (QED) is 0.792. The molecule has 0 fully saturated rings. The predicted octanol–water partition coefficient (Wildman–Crippen LogP) is 4.18. The van der Waals surface area contributed by atoms with Crippen molar-refractivity contribution in [2.75, 3.05) is 0 Å². The first-order valence-corrected chi connectivity index (χ1v) is 6.59. The maximum atomic E-state index is 12.1. The minimum Gasteiger partial charge on any atom is -0.293 e. The third kappa shape index (κ3) is 2.68. The van der Waals surface area contributed by atoms with Gasteiger partial charge < -0.3 is 0 Å². The third-order valence-electron chi connectivity index (χ3n) is 2.40. The Hall–Kier alpha value is -0.900. The number of Topliss-reactive ketones (excluding diaryl/α,β-unsaturated/α-hetero) is 1. The number of halogens is 2. The van der Waals surface area contributed by atoms with Gasteiger partial charge in [0.2, 0.25) is 0 Å². The van der Waals surface area contributed by atoms with Crippen molar-refractivity contribution in [2.24, 2.45) is 0 Å². The van der Waals surface area contributed by atoms with Crippen LogP contribution in [0, 0.1) is 6.92 Å². The van der Waals surface area contributed by atoms with E-state index in [0.29, 0.717) is 20.5 Å². The first-order valence-electron chi connectivity index (χ1n) is 4.95. The number of aromatic nitrogens is 1. The fourth-order valence-electron chi connectivity index (χ4n) is 1.51. The first kappa shape index (κ1) is 12.6. The Bertz CT molecular complexity index is 545. The van der Waals surface area contributed by atoms with Crippen LogP contribution in [0.25, 0.3) is 0 Å². The Morgan fingerprint density at radius 2 is 2.00 bits per heavy atom. The molecule has 0 aliphatic heterocycles. The number of nitrogens with zero attached hydrogens (tertiary/aromatic N) is 1. The van der Waals surface area contributed by atoms with Gasteiger partial charge in [0.05, 0.1) is 16.1 Å². The summed E-state index contributed by atoms with van der Waals surface area (Å²) < 4.78 is 0. The van der Waals surface area contributed by atoms with Crippen LogP contribution in [-0.4, -0.2) is 10.8 Å². The standard InChI is InChI=1S/C12H9Cl2NOS/c1-7-12(17-6-15-7)11(16)5-8-9(13)3-2-4-10(8)14/h2-4,6H,5H2,1H3. The molecule has 2 nitrogen and oxygen atoms in total. The van der Waals surface area contributed by atoms with Crippen molar-refractivity contribution >= 4 is 40.3 Å². The van der Waals surface area contributed by atoms with E-state index >= 15 is 0 Å². The van der Waals surface area contributed by atoms with E-state index in [9.17, 15) is 4.79 Å². The van der Waals surface area contributed by atoms with Crippen molar-refractivity contribution in [3.63, 3.8) is 0 Å². The zero-order valence-corrected chi connectivity index (χ0v) is 11.4. The summed E-state index contributed by atoms with van der Waals surface area (Å²) in [5.74, 6) is 0.000000000000000222. The van der Waals surface area contributed by atoms with Gasteiger partial charge in [-0.05, 0) is 24.6 Å². The minimum absolute atomic E-state index is 0.000000000000000222. The number of carbonyl (C=O) groups is 1. The number of hydrogen-bond donors (Lipinski definition) is 0. The molecule has 0 spiro atoms. The van der Waals surface area contributed by atoms with Crippen LogP contribution in [0.4, 0.5) is 0 Å². The zero-order chi connectivity index (χ0) is 12.4. The number of hydrogen-bond acceptors (Lipinski definition) is 3. The first-order chi connectivity index (χ1) is 8.09. The lowest BCUT2D eigenvalue weighted by atomic mass is 10.1. The average Bonchev–Trinajstić information content (AvgIpc) is 2.70. The van der Waals surface area contributed by atoms with Crippen molar-refractivity contribution in [1.29, 1.82) is 0 Å². The van der Waals surface area contributed by atoms with Gasteiger partial charge >= 0.3 is 0 Å². The Balaban J connectivity index is 2.28. The molecule has 88 valence electrons. The largest absolute Gasteiger partial charge is 0.293 e. The summed E-state index contributed by atoms with van der Waals surface area (Å²) in [5.41, 5.74) is 3.09. The Labute approximate surface area is 113 Å². The van der Waals surface area contributed by atoms with Crippen molar-refractivity contribution in [1.82, 2.24) is 4.98 Å². The van der Waals surface area contributed by atoms with Crippen molar-refractivity contribution in [3.05, 3.63) is 49.9 Å². The second kappa shape index (κ2) is 5.17. The molecule has 0 bridgehead atoms. The van der Waals surface area contributed by atoms with E-state index in [4.69, 9.17) is 23.2 Å². The maximum Gasteiger partial charge on any atom is 0.179 e. The van der Waals surface area contributed by atoms with Crippen LogP contribution < -0.4 is 0 Å². The Morgan fingerprint density at radius 3 is 2.53 bits per heavy atom. The molecule has 0 N–H and O–H groups in total. The summed E-state index contributed by atoms with van der Waals surface area (Å²) in [4.78, 5) is 16.8. The highest BCUT2D eigenvalue weighted by Gasteiger charge is 2.15. The molecule has 2 aromatic rings. The second-order valence-electron chi connectivity index (χ2n) is 3.57. The summed E-state index contributed by atoms with van der Waals surface area (Å²) in [7, 11) is 0. The van der Waals surface area contributed by atoms with Crippen molar-refractivity contribution in [2.45, 2.75) is 13.3 Å². The highest BCUT2D eigenvalue weighted by molar-refractivity contribution is 7.11. The highest BCUT2D eigenvalue weighted by Crippen LogP contribution is 2.26. The van der Waals surface area contributed by atoms with Crippen LogP contribution in [0.2, 0.25) is 10.0 Å². The molecule has 0 aliphatic rings. The summed E-state index contributed by atoms with van der Waals surface area (Å²) in [6.07, 6.45) is 0.210. The number of ketones is 1. The molecule has 0 radical (unpaired) electrons. The molecular formula is C12H9Cl2NOS. The summed E-state index contributed by atoms with van der Waals surface area (Å²) in [6.45, 7) is 1.82. The highest BCUT2D eigenvalue weighted by atomic mass is 35.5. The molecular weight excluding hydrogens is 277 g/mol. The molecule has 0 atom stereocenters. The number of benzene rings is 1. The van der Waals surface area contributed by atoms with Crippen LogP contribution in [0.5, 0.6) is 0 Å². The fraction of sp³-hybridized carbons (Fsp3) is 0.167. The third-order valence-corrected chi connectivity index (χ3v) is 4.08. The van der Waals surface area contributed by atoms with Gasteiger partial charge in [-0.15, -0.1) is 11.3 Å². The van der Waals surface area contributed by atoms with Crippen molar-refractivity contribution in [3.8, 4) is 0 Å². The van der Waals surface area contributed by atoms with Crippen molar-refractivity contribution < 1.29 is 4.79 Å². The van der Waals surface area contributed by atoms with E-state index in [1.165, 1.54) is 11.3 Å². The topological polar surface area (TPSA) is 30.0 Å².